The van der Waals surface area contributed by atoms with Crippen LogP contribution in [0.3, 0.4) is 0 Å². The van der Waals surface area contributed by atoms with Crippen molar-refractivity contribution in [2.75, 3.05) is 0 Å². The molecule has 0 saturated heterocycles. The number of hydrogen-bond acceptors (Lipinski definition) is 4. The summed E-state index contributed by atoms with van der Waals surface area (Å²) in [5.41, 5.74) is 0.209. The van der Waals surface area contributed by atoms with Gasteiger partial charge in [-0.1, -0.05) is 26.2 Å². The summed E-state index contributed by atoms with van der Waals surface area (Å²) in [6.45, 7) is 2.73. The highest BCUT2D eigenvalue weighted by molar-refractivity contribution is 5.81. The second kappa shape index (κ2) is 6.42. The maximum atomic E-state index is 13.0. The molecule has 142 valence electrons. The van der Waals surface area contributed by atoms with Crippen LogP contribution >= 0.6 is 0 Å². The fraction of sp³-hybridized carbons (Fsp3) is 0.905. The summed E-state index contributed by atoms with van der Waals surface area (Å²) in [4.78, 5) is 14.5. The fourth-order valence-electron chi connectivity index (χ4n) is 7.87. The number of carbonyl (C=O) groups excluding carboxylic acids is 1. The molecule has 4 aliphatic carbocycles. The molecule has 26 heavy (non-hydrogen) atoms. The smallest absolute Gasteiger partial charge is 0.162 e. The van der Waals surface area contributed by atoms with Crippen LogP contribution in [-0.2, 0) is 11.3 Å². The van der Waals surface area contributed by atoms with Gasteiger partial charge < -0.3 is 0 Å². The molecule has 4 fully saturated rings. The summed E-state index contributed by atoms with van der Waals surface area (Å²) in [7, 11) is 0. The first-order valence-corrected chi connectivity index (χ1v) is 10.9. The topological polar surface area (TPSA) is 60.7 Å². The molecule has 5 heteroatoms. The van der Waals surface area contributed by atoms with Crippen LogP contribution in [0.15, 0.2) is 6.33 Å². The Morgan fingerprint density at radius 3 is 2.77 bits per heavy atom. The zero-order valence-electron chi connectivity index (χ0n) is 16.0. The predicted molar refractivity (Wildman–Crippen MR) is 98.0 cm³/mol. The lowest BCUT2D eigenvalue weighted by Crippen LogP contribution is -2.49. The molecule has 0 aliphatic heterocycles. The Morgan fingerprint density at radius 1 is 1.04 bits per heavy atom. The fourth-order valence-corrected chi connectivity index (χ4v) is 7.87. The average Bonchev–Trinajstić information content (AvgIpc) is 3.28. The first-order chi connectivity index (χ1) is 12.7. The number of fused-ring (bicyclic) bond motifs is 5. The normalized spacial score (nSPS) is 44.8. The maximum absolute atomic E-state index is 13.0. The number of Topliss-reactive ketones (excluding diaryl/α,β-unsaturated/α-hetero) is 1. The first kappa shape index (κ1) is 16.9. The standard InChI is InChI=1S/C21H32N4O/c1-21-11-10-16-15-5-3-2-4-14(15)6-7-17(16)18(21)8-9-19(21)20(26)12-25-23-13-22-24-25/h13-19H,2-12H2,1H3/t14-,15+,16-,17?,18+,19-,21+/m1/s1. The Balaban J connectivity index is 1.34. The largest absolute Gasteiger partial charge is 0.297 e. The minimum absolute atomic E-state index is 0.198. The van der Waals surface area contributed by atoms with Gasteiger partial charge in [0, 0.05) is 5.92 Å². The molecule has 1 unspecified atom stereocenters. The quantitative estimate of drug-likeness (QED) is 0.824. The summed E-state index contributed by atoms with van der Waals surface area (Å²) in [6, 6.07) is 0. The molecule has 0 bridgehead atoms. The van der Waals surface area contributed by atoms with Crippen molar-refractivity contribution >= 4 is 5.78 Å². The SMILES string of the molecule is C[C@]12CC[C@H]3C(CC[C@H]4CCCC[C@@H]43)[C@@H]1CC[C@@H]2C(=O)Cn1ncnn1. The van der Waals surface area contributed by atoms with Crippen molar-refractivity contribution in [3.63, 3.8) is 0 Å². The highest BCUT2D eigenvalue weighted by Crippen LogP contribution is 2.64. The van der Waals surface area contributed by atoms with Crippen molar-refractivity contribution in [1.82, 2.24) is 20.2 Å². The van der Waals surface area contributed by atoms with Gasteiger partial charge in [0.2, 0.25) is 0 Å². The van der Waals surface area contributed by atoms with Crippen LogP contribution in [0.5, 0.6) is 0 Å². The molecule has 4 saturated carbocycles. The van der Waals surface area contributed by atoms with Gasteiger partial charge in [-0.25, -0.2) is 0 Å². The third-order valence-corrected chi connectivity index (χ3v) is 8.96. The van der Waals surface area contributed by atoms with Crippen molar-refractivity contribution < 1.29 is 4.79 Å². The van der Waals surface area contributed by atoms with Crippen LogP contribution in [0, 0.1) is 40.9 Å². The third kappa shape index (κ3) is 2.56. The third-order valence-electron chi connectivity index (χ3n) is 8.96. The van der Waals surface area contributed by atoms with Gasteiger partial charge >= 0.3 is 0 Å². The van der Waals surface area contributed by atoms with Gasteiger partial charge in [-0.15, -0.1) is 10.2 Å². The van der Waals surface area contributed by atoms with E-state index in [1.165, 1.54) is 68.9 Å². The van der Waals surface area contributed by atoms with E-state index in [0.29, 0.717) is 12.3 Å². The summed E-state index contributed by atoms with van der Waals surface area (Å²) < 4.78 is 0. The second-order valence-corrected chi connectivity index (χ2v) is 9.83. The monoisotopic (exact) mass is 356 g/mol. The lowest BCUT2D eigenvalue weighted by atomic mass is 9.49. The van der Waals surface area contributed by atoms with E-state index in [4.69, 9.17) is 0 Å². The maximum Gasteiger partial charge on any atom is 0.162 e. The molecule has 0 amide bonds. The zero-order valence-corrected chi connectivity index (χ0v) is 16.0. The number of carbonyl (C=O) groups is 1. The first-order valence-electron chi connectivity index (χ1n) is 10.9. The van der Waals surface area contributed by atoms with Crippen molar-refractivity contribution in [1.29, 1.82) is 0 Å². The van der Waals surface area contributed by atoms with Crippen molar-refractivity contribution in [3.05, 3.63) is 6.33 Å². The van der Waals surface area contributed by atoms with Crippen molar-refractivity contribution in [2.45, 2.75) is 77.7 Å². The van der Waals surface area contributed by atoms with Gasteiger partial charge in [0.05, 0.1) is 0 Å². The van der Waals surface area contributed by atoms with Crippen LogP contribution in [0.25, 0.3) is 0 Å². The Bertz CT molecular complexity index is 659. The van der Waals surface area contributed by atoms with Crippen LogP contribution in [0.2, 0.25) is 0 Å². The lowest BCUT2D eigenvalue weighted by molar-refractivity contribution is -0.131. The number of rotatable bonds is 3. The minimum Gasteiger partial charge on any atom is -0.297 e. The zero-order chi connectivity index (χ0) is 17.7. The molecule has 7 atom stereocenters. The molecule has 5 rings (SSSR count). The number of aromatic nitrogens is 4. The van der Waals surface area contributed by atoms with Gasteiger partial charge in [-0.2, -0.15) is 4.80 Å². The summed E-state index contributed by atoms with van der Waals surface area (Å²) in [5, 5.41) is 11.7. The van der Waals surface area contributed by atoms with Crippen LogP contribution in [0.1, 0.15) is 71.1 Å². The number of nitrogens with zero attached hydrogens (tertiary/aromatic N) is 4. The number of hydrogen-bond donors (Lipinski definition) is 0. The van der Waals surface area contributed by atoms with E-state index in [0.717, 1.165) is 36.0 Å². The molecule has 1 heterocycles. The summed E-state index contributed by atoms with van der Waals surface area (Å²) >= 11 is 0. The lowest BCUT2D eigenvalue weighted by Gasteiger charge is -2.55. The van der Waals surface area contributed by atoms with E-state index >= 15 is 0 Å². The van der Waals surface area contributed by atoms with Crippen LogP contribution in [-0.4, -0.2) is 26.0 Å². The molecule has 5 nitrogen and oxygen atoms in total. The van der Waals surface area contributed by atoms with Gasteiger partial charge in [-0.3, -0.25) is 4.79 Å². The van der Waals surface area contributed by atoms with Gasteiger partial charge in [0.15, 0.2) is 12.1 Å². The molecule has 1 aromatic rings. The summed E-state index contributed by atoms with van der Waals surface area (Å²) in [6.07, 6.45) is 15.1. The Morgan fingerprint density at radius 2 is 1.92 bits per heavy atom. The van der Waals surface area contributed by atoms with Gasteiger partial charge in [0.25, 0.3) is 0 Å². The van der Waals surface area contributed by atoms with Crippen molar-refractivity contribution in [2.24, 2.45) is 40.9 Å². The molecule has 0 aromatic carbocycles. The van der Waals surface area contributed by atoms with Gasteiger partial charge in [0.1, 0.15) is 6.54 Å². The Kier molecular flexibility index (Phi) is 4.17. The van der Waals surface area contributed by atoms with E-state index in [2.05, 4.69) is 22.3 Å². The molecular formula is C21H32N4O. The molecule has 0 spiro atoms. The van der Waals surface area contributed by atoms with E-state index in [1.807, 2.05) is 0 Å². The van der Waals surface area contributed by atoms with Crippen LogP contribution < -0.4 is 0 Å². The van der Waals surface area contributed by atoms with E-state index in [-0.39, 0.29) is 11.3 Å². The number of ketones is 1. The Labute approximate surface area is 156 Å². The van der Waals surface area contributed by atoms with E-state index < -0.39 is 0 Å². The predicted octanol–water partition coefficient (Wildman–Crippen LogP) is 3.90. The molecular weight excluding hydrogens is 324 g/mol. The second-order valence-electron chi connectivity index (χ2n) is 9.83. The summed E-state index contributed by atoms with van der Waals surface area (Å²) in [5.74, 6) is 5.16. The number of tetrazole rings is 1. The average molecular weight is 357 g/mol. The van der Waals surface area contributed by atoms with Crippen molar-refractivity contribution in [3.8, 4) is 0 Å². The van der Waals surface area contributed by atoms with Crippen LogP contribution in [0.4, 0.5) is 0 Å². The minimum atomic E-state index is 0.198. The highest BCUT2D eigenvalue weighted by Gasteiger charge is 2.58. The molecule has 4 aliphatic rings. The van der Waals surface area contributed by atoms with Gasteiger partial charge in [-0.05, 0) is 85.2 Å². The molecule has 0 radical (unpaired) electrons. The Hall–Kier alpha value is -1.26. The van der Waals surface area contributed by atoms with E-state index in [9.17, 15) is 4.79 Å². The molecule has 0 N–H and O–H groups in total. The van der Waals surface area contributed by atoms with E-state index in [1.54, 1.807) is 0 Å². The molecule has 1 aromatic heterocycles. The highest BCUT2D eigenvalue weighted by atomic mass is 16.1.